The number of hydrogen-bond acceptors (Lipinski definition) is 5. The largest absolute Gasteiger partial charge is 0.353 e. The molecular weight excluding hydrogens is 376 g/mol. The van der Waals surface area contributed by atoms with Crippen molar-refractivity contribution < 1.29 is 8.42 Å². The quantitative estimate of drug-likeness (QED) is 0.824. The van der Waals surface area contributed by atoms with Crippen LogP contribution in [0.4, 0.5) is 5.82 Å². The molecule has 28 heavy (non-hydrogen) atoms. The molecule has 2 aromatic rings. The molecule has 2 aromatic heterocycles. The first-order valence-corrected chi connectivity index (χ1v) is 11.7. The Balaban J connectivity index is 1.36. The highest BCUT2D eigenvalue weighted by molar-refractivity contribution is 7.86. The van der Waals surface area contributed by atoms with Crippen molar-refractivity contribution in [1.82, 2.24) is 23.6 Å². The second-order valence-corrected chi connectivity index (χ2v) is 10.6. The first-order chi connectivity index (χ1) is 13.5. The second-order valence-electron chi connectivity index (χ2n) is 8.59. The van der Waals surface area contributed by atoms with E-state index < -0.39 is 10.2 Å². The van der Waals surface area contributed by atoms with Crippen LogP contribution < -0.4 is 4.90 Å². The predicted octanol–water partition coefficient (Wildman–Crippen LogP) is 1.98. The number of anilines is 1. The zero-order chi connectivity index (χ0) is 19.4. The number of nitrogens with one attached hydrogen (secondary N) is 1. The molecule has 0 amide bonds. The van der Waals surface area contributed by atoms with Crippen LogP contribution in [-0.2, 0) is 10.2 Å². The highest BCUT2D eigenvalue weighted by Gasteiger charge is 2.56. The van der Waals surface area contributed by atoms with Gasteiger partial charge in [0.1, 0.15) is 17.8 Å². The minimum Gasteiger partial charge on any atom is -0.353 e. The number of hydrogen-bond donors (Lipinski definition) is 1. The molecule has 0 bridgehead atoms. The van der Waals surface area contributed by atoms with Gasteiger partial charge in [0, 0.05) is 39.4 Å². The molecule has 3 aliphatic rings. The second kappa shape index (κ2) is 6.67. The van der Waals surface area contributed by atoms with E-state index in [1.807, 2.05) is 12.3 Å². The normalized spacial score (nSPS) is 23.3. The molecule has 1 aliphatic heterocycles. The maximum atomic E-state index is 13.3. The maximum Gasteiger partial charge on any atom is 0.282 e. The average molecular weight is 405 g/mol. The van der Waals surface area contributed by atoms with E-state index in [1.165, 1.54) is 12.8 Å². The Morgan fingerprint density at radius 1 is 1.25 bits per heavy atom. The topological polar surface area (TPSA) is 85.4 Å². The summed E-state index contributed by atoms with van der Waals surface area (Å²) >= 11 is 0. The maximum absolute atomic E-state index is 13.3. The van der Waals surface area contributed by atoms with E-state index >= 15 is 0 Å². The summed E-state index contributed by atoms with van der Waals surface area (Å²) in [5.74, 6) is 1.41. The van der Waals surface area contributed by atoms with Crippen molar-refractivity contribution in [1.29, 1.82) is 0 Å². The number of H-pyrrole nitrogens is 1. The third-order valence-electron chi connectivity index (χ3n) is 6.71. The van der Waals surface area contributed by atoms with Gasteiger partial charge in [-0.05, 0) is 37.7 Å². The predicted molar refractivity (Wildman–Crippen MR) is 108 cm³/mol. The minimum absolute atomic E-state index is 0.283. The Morgan fingerprint density at radius 3 is 2.79 bits per heavy atom. The van der Waals surface area contributed by atoms with Gasteiger partial charge in [-0.2, -0.15) is 17.0 Å². The Kier molecular flexibility index (Phi) is 4.37. The molecule has 0 aromatic carbocycles. The highest BCUT2D eigenvalue weighted by atomic mass is 32.2. The van der Waals surface area contributed by atoms with Crippen LogP contribution in [0.5, 0.6) is 0 Å². The van der Waals surface area contributed by atoms with E-state index in [1.54, 1.807) is 22.0 Å². The summed E-state index contributed by atoms with van der Waals surface area (Å²) < 4.78 is 30.1. The SMILES string of the molecule is CN(CC1CCCC1)S(=O)(=O)N1CCN(c2ncnc3[nH]ccc23)CC12CC2. The van der Waals surface area contributed by atoms with Crippen LogP contribution in [0.25, 0.3) is 11.0 Å². The van der Waals surface area contributed by atoms with E-state index in [-0.39, 0.29) is 5.54 Å². The zero-order valence-electron chi connectivity index (χ0n) is 16.3. The molecule has 9 heteroatoms. The number of fused-ring (bicyclic) bond motifs is 1. The van der Waals surface area contributed by atoms with Gasteiger partial charge < -0.3 is 9.88 Å². The fraction of sp³-hybridized carbons (Fsp3) is 0.684. The van der Waals surface area contributed by atoms with Gasteiger partial charge >= 0.3 is 0 Å². The number of aromatic nitrogens is 3. The molecule has 1 spiro atoms. The van der Waals surface area contributed by atoms with Crippen LogP contribution in [-0.4, -0.2) is 70.7 Å². The molecule has 0 unspecified atom stereocenters. The summed E-state index contributed by atoms with van der Waals surface area (Å²) in [6.07, 6.45) is 10.0. The molecule has 152 valence electrons. The lowest BCUT2D eigenvalue weighted by Gasteiger charge is -2.43. The lowest BCUT2D eigenvalue weighted by Crippen LogP contribution is -2.60. The number of piperazine rings is 1. The summed E-state index contributed by atoms with van der Waals surface area (Å²) in [6, 6.07) is 1.99. The molecule has 1 N–H and O–H groups in total. The Bertz CT molecular complexity index is 964. The fourth-order valence-electron chi connectivity index (χ4n) is 4.98. The number of rotatable bonds is 5. The molecule has 0 atom stereocenters. The van der Waals surface area contributed by atoms with Crippen LogP contribution in [0.3, 0.4) is 0 Å². The molecule has 1 saturated heterocycles. The van der Waals surface area contributed by atoms with E-state index in [2.05, 4.69) is 19.9 Å². The van der Waals surface area contributed by atoms with Crippen molar-refractivity contribution in [3.8, 4) is 0 Å². The van der Waals surface area contributed by atoms with Crippen LogP contribution in [0.2, 0.25) is 0 Å². The van der Waals surface area contributed by atoms with Gasteiger partial charge in [0.2, 0.25) is 0 Å². The van der Waals surface area contributed by atoms with Gasteiger partial charge in [0.15, 0.2) is 0 Å². The zero-order valence-corrected chi connectivity index (χ0v) is 17.2. The summed E-state index contributed by atoms with van der Waals surface area (Å²) in [6.45, 7) is 2.50. The summed E-state index contributed by atoms with van der Waals surface area (Å²) in [5.41, 5.74) is 0.537. The van der Waals surface area contributed by atoms with E-state index in [4.69, 9.17) is 0 Å². The van der Waals surface area contributed by atoms with Crippen molar-refractivity contribution in [2.75, 3.05) is 38.1 Å². The molecular formula is C19H28N6O2S. The van der Waals surface area contributed by atoms with Crippen LogP contribution >= 0.6 is 0 Å². The molecule has 5 rings (SSSR count). The molecule has 8 nitrogen and oxygen atoms in total. The molecule has 2 saturated carbocycles. The van der Waals surface area contributed by atoms with Crippen LogP contribution in [0.15, 0.2) is 18.6 Å². The lowest BCUT2D eigenvalue weighted by molar-refractivity contribution is 0.245. The van der Waals surface area contributed by atoms with Gasteiger partial charge in [-0.15, -0.1) is 0 Å². The first-order valence-electron chi connectivity index (χ1n) is 10.3. The minimum atomic E-state index is -3.43. The third-order valence-corrected chi connectivity index (χ3v) is 8.77. The third kappa shape index (κ3) is 3.00. The van der Waals surface area contributed by atoms with Gasteiger partial charge in [-0.25, -0.2) is 9.97 Å². The molecule has 2 aliphatic carbocycles. The summed E-state index contributed by atoms with van der Waals surface area (Å²) in [4.78, 5) is 14.1. The smallest absolute Gasteiger partial charge is 0.282 e. The van der Waals surface area contributed by atoms with Crippen LogP contribution in [0.1, 0.15) is 38.5 Å². The monoisotopic (exact) mass is 404 g/mol. The van der Waals surface area contributed by atoms with Crippen LogP contribution in [0, 0.1) is 5.92 Å². The molecule has 3 fully saturated rings. The van der Waals surface area contributed by atoms with Gasteiger partial charge in [-0.3, -0.25) is 0 Å². The van der Waals surface area contributed by atoms with E-state index in [9.17, 15) is 8.42 Å². The van der Waals surface area contributed by atoms with Gasteiger partial charge in [0.05, 0.1) is 10.9 Å². The lowest BCUT2D eigenvalue weighted by atomic mass is 10.1. The van der Waals surface area contributed by atoms with E-state index in [0.29, 0.717) is 32.1 Å². The average Bonchev–Trinajstić information content (AvgIpc) is 3.10. The first kappa shape index (κ1) is 18.3. The van der Waals surface area contributed by atoms with Crippen molar-refractivity contribution >= 4 is 27.1 Å². The number of nitrogens with zero attached hydrogens (tertiary/aromatic N) is 5. The highest BCUT2D eigenvalue weighted by Crippen LogP contribution is 2.47. The number of aromatic amines is 1. The van der Waals surface area contributed by atoms with Gasteiger partial charge in [0.25, 0.3) is 10.2 Å². The van der Waals surface area contributed by atoms with Crippen molar-refractivity contribution in [2.45, 2.75) is 44.1 Å². The summed E-state index contributed by atoms with van der Waals surface area (Å²) in [5, 5.41) is 0.993. The molecule has 0 radical (unpaired) electrons. The van der Waals surface area contributed by atoms with E-state index in [0.717, 1.165) is 42.5 Å². The fourth-order valence-corrected chi connectivity index (χ4v) is 6.76. The van der Waals surface area contributed by atoms with Crippen molar-refractivity contribution in [2.24, 2.45) is 5.92 Å². The summed E-state index contributed by atoms with van der Waals surface area (Å²) in [7, 11) is -1.68. The Labute approximate surface area is 166 Å². The Morgan fingerprint density at radius 2 is 2.04 bits per heavy atom. The van der Waals surface area contributed by atoms with Crippen molar-refractivity contribution in [3.05, 3.63) is 18.6 Å². The van der Waals surface area contributed by atoms with Crippen molar-refractivity contribution in [3.63, 3.8) is 0 Å². The van der Waals surface area contributed by atoms with Gasteiger partial charge in [-0.1, -0.05) is 12.8 Å². The standard InChI is InChI=1S/C19H28N6O2S/c1-23(12-15-4-2-3-5-15)28(26,27)25-11-10-24(13-19(25)7-8-19)18-16-6-9-20-17(16)21-14-22-18/h6,9,14-15H,2-5,7-8,10-13H2,1H3,(H,20,21,22). The Hall–Kier alpha value is -1.71. The molecule has 3 heterocycles.